The molecule has 0 amide bonds. The Kier molecular flexibility index (Phi) is 2.16. The van der Waals surface area contributed by atoms with Gasteiger partial charge in [0.2, 0.25) is 0 Å². The van der Waals surface area contributed by atoms with Crippen molar-refractivity contribution >= 4 is 16.9 Å². The molecule has 0 radical (unpaired) electrons. The van der Waals surface area contributed by atoms with Crippen LogP contribution in [0.5, 0.6) is 0 Å². The van der Waals surface area contributed by atoms with Crippen molar-refractivity contribution in [3.8, 4) is 11.1 Å². The van der Waals surface area contributed by atoms with Gasteiger partial charge in [-0.1, -0.05) is 12.1 Å². The molecule has 5 nitrogen and oxygen atoms in total. The van der Waals surface area contributed by atoms with Crippen LogP contribution in [-0.4, -0.2) is 19.3 Å². The standard InChI is InChI=1S/C13H15N5/c1-8-16-11-6-4-5-9(12(11)17(8)2)10-7-15-18(3)13(10)14/h4-7H,14H2,1-3H3. The average Bonchev–Trinajstić information content (AvgIpc) is 2.83. The quantitative estimate of drug-likeness (QED) is 0.707. The van der Waals surface area contributed by atoms with Gasteiger partial charge in [0.1, 0.15) is 11.6 Å². The van der Waals surface area contributed by atoms with Gasteiger partial charge in [0.15, 0.2) is 0 Å². The third kappa shape index (κ3) is 1.33. The van der Waals surface area contributed by atoms with E-state index in [4.69, 9.17) is 5.73 Å². The van der Waals surface area contributed by atoms with Crippen LogP contribution in [0.2, 0.25) is 0 Å². The number of nitrogens with zero attached hydrogens (tertiary/aromatic N) is 4. The molecule has 0 bridgehead atoms. The molecule has 0 unspecified atom stereocenters. The van der Waals surface area contributed by atoms with Gasteiger partial charge in [0.25, 0.3) is 0 Å². The van der Waals surface area contributed by atoms with E-state index in [0.717, 1.165) is 28.0 Å². The summed E-state index contributed by atoms with van der Waals surface area (Å²) in [7, 11) is 3.86. The molecular formula is C13H15N5. The van der Waals surface area contributed by atoms with Gasteiger partial charge >= 0.3 is 0 Å². The lowest BCUT2D eigenvalue weighted by Gasteiger charge is -2.05. The van der Waals surface area contributed by atoms with Gasteiger partial charge in [-0.05, 0) is 13.0 Å². The Labute approximate surface area is 105 Å². The lowest BCUT2D eigenvalue weighted by atomic mass is 10.1. The van der Waals surface area contributed by atoms with Crippen LogP contribution in [0, 0.1) is 6.92 Å². The van der Waals surface area contributed by atoms with E-state index in [1.165, 1.54) is 0 Å². The molecule has 0 aliphatic heterocycles. The van der Waals surface area contributed by atoms with Gasteiger partial charge in [0.05, 0.1) is 17.2 Å². The number of hydrogen-bond donors (Lipinski definition) is 1. The van der Waals surface area contributed by atoms with Crippen LogP contribution in [0.4, 0.5) is 5.82 Å². The summed E-state index contributed by atoms with van der Waals surface area (Å²) in [6, 6.07) is 6.06. The van der Waals surface area contributed by atoms with E-state index >= 15 is 0 Å². The minimum Gasteiger partial charge on any atom is -0.383 e. The number of nitrogen functional groups attached to an aromatic ring is 1. The number of fused-ring (bicyclic) bond motifs is 1. The Morgan fingerprint density at radius 1 is 1.17 bits per heavy atom. The molecule has 0 fully saturated rings. The smallest absolute Gasteiger partial charge is 0.129 e. The van der Waals surface area contributed by atoms with Crippen LogP contribution in [0.1, 0.15) is 5.82 Å². The van der Waals surface area contributed by atoms with Crippen LogP contribution in [0.3, 0.4) is 0 Å². The second kappa shape index (κ2) is 3.60. The molecule has 3 rings (SSSR count). The molecular weight excluding hydrogens is 226 g/mol. The Bertz CT molecular complexity index is 735. The highest BCUT2D eigenvalue weighted by Crippen LogP contribution is 2.31. The normalized spacial score (nSPS) is 11.3. The molecule has 0 saturated carbocycles. The minimum atomic E-state index is 0.668. The third-order valence-corrected chi connectivity index (χ3v) is 3.39. The first-order valence-corrected chi connectivity index (χ1v) is 5.79. The summed E-state index contributed by atoms with van der Waals surface area (Å²) in [5.74, 6) is 1.65. The van der Waals surface area contributed by atoms with Crippen LogP contribution in [-0.2, 0) is 14.1 Å². The van der Waals surface area contributed by atoms with Crippen molar-refractivity contribution in [2.75, 3.05) is 5.73 Å². The fourth-order valence-electron chi connectivity index (χ4n) is 2.26. The maximum absolute atomic E-state index is 6.05. The number of imidazole rings is 1. The van der Waals surface area contributed by atoms with Crippen molar-refractivity contribution in [2.45, 2.75) is 6.92 Å². The Balaban J connectivity index is 2.39. The van der Waals surface area contributed by atoms with Crippen molar-refractivity contribution < 1.29 is 0 Å². The van der Waals surface area contributed by atoms with E-state index in [9.17, 15) is 0 Å². The van der Waals surface area contributed by atoms with Gasteiger partial charge in [-0.3, -0.25) is 4.68 Å². The molecule has 2 aromatic heterocycles. The molecule has 2 heterocycles. The highest BCUT2D eigenvalue weighted by atomic mass is 15.3. The fourth-order valence-corrected chi connectivity index (χ4v) is 2.26. The first-order valence-electron chi connectivity index (χ1n) is 5.79. The summed E-state index contributed by atoms with van der Waals surface area (Å²) in [5, 5.41) is 4.20. The van der Waals surface area contributed by atoms with Crippen molar-refractivity contribution in [2.24, 2.45) is 14.1 Å². The number of aryl methyl sites for hydroxylation is 3. The number of rotatable bonds is 1. The molecule has 0 atom stereocenters. The zero-order chi connectivity index (χ0) is 12.9. The monoisotopic (exact) mass is 241 g/mol. The Morgan fingerprint density at radius 2 is 1.94 bits per heavy atom. The number of anilines is 1. The summed E-state index contributed by atoms with van der Waals surface area (Å²) < 4.78 is 3.76. The van der Waals surface area contributed by atoms with Crippen molar-refractivity contribution in [3.05, 3.63) is 30.2 Å². The maximum Gasteiger partial charge on any atom is 0.129 e. The maximum atomic E-state index is 6.05. The van der Waals surface area contributed by atoms with Crippen LogP contribution >= 0.6 is 0 Å². The molecule has 0 spiro atoms. The number of aromatic nitrogens is 4. The SMILES string of the molecule is Cc1nc2cccc(-c3cnn(C)c3N)c2n1C. The first-order chi connectivity index (χ1) is 8.59. The van der Waals surface area contributed by atoms with E-state index in [0.29, 0.717) is 5.82 Å². The topological polar surface area (TPSA) is 61.7 Å². The lowest BCUT2D eigenvalue weighted by molar-refractivity contribution is 0.779. The predicted octanol–water partition coefficient (Wildman–Crippen LogP) is 1.86. The number of benzene rings is 1. The van der Waals surface area contributed by atoms with Crippen LogP contribution in [0.25, 0.3) is 22.2 Å². The van der Waals surface area contributed by atoms with E-state index in [1.807, 2.05) is 33.2 Å². The zero-order valence-corrected chi connectivity index (χ0v) is 10.7. The Hall–Kier alpha value is -2.30. The molecule has 92 valence electrons. The lowest BCUT2D eigenvalue weighted by Crippen LogP contribution is -1.99. The number of para-hydroxylation sites is 1. The van der Waals surface area contributed by atoms with E-state index in [-0.39, 0.29) is 0 Å². The number of nitrogens with two attached hydrogens (primary N) is 1. The van der Waals surface area contributed by atoms with Crippen molar-refractivity contribution in [1.82, 2.24) is 19.3 Å². The zero-order valence-electron chi connectivity index (χ0n) is 10.7. The van der Waals surface area contributed by atoms with Crippen LogP contribution < -0.4 is 5.73 Å². The number of hydrogen-bond acceptors (Lipinski definition) is 3. The van der Waals surface area contributed by atoms with Gasteiger partial charge in [-0.15, -0.1) is 0 Å². The summed E-state index contributed by atoms with van der Waals surface area (Å²) >= 11 is 0. The second-order valence-corrected chi connectivity index (χ2v) is 4.46. The summed E-state index contributed by atoms with van der Waals surface area (Å²) in [5.41, 5.74) is 10.1. The summed E-state index contributed by atoms with van der Waals surface area (Å²) in [6.45, 7) is 2.00. The first kappa shape index (κ1) is 10.8. The fraction of sp³-hybridized carbons (Fsp3) is 0.231. The van der Waals surface area contributed by atoms with E-state index in [1.54, 1.807) is 10.9 Å². The molecule has 3 aromatic rings. The van der Waals surface area contributed by atoms with Crippen molar-refractivity contribution in [3.63, 3.8) is 0 Å². The molecule has 5 heteroatoms. The predicted molar refractivity (Wildman–Crippen MR) is 72.1 cm³/mol. The van der Waals surface area contributed by atoms with E-state index in [2.05, 4.69) is 20.7 Å². The molecule has 0 aliphatic carbocycles. The van der Waals surface area contributed by atoms with Gasteiger partial charge in [0, 0.05) is 25.2 Å². The minimum absolute atomic E-state index is 0.668. The Morgan fingerprint density at radius 3 is 2.61 bits per heavy atom. The molecule has 0 saturated heterocycles. The van der Waals surface area contributed by atoms with Gasteiger partial charge < -0.3 is 10.3 Å². The molecule has 0 aliphatic rings. The van der Waals surface area contributed by atoms with Gasteiger partial charge in [-0.2, -0.15) is 5.10 Å². The molecule has 18 heavy (non-hydrogen) atoms. The van der Waals surface area contributed by atoms with E-state index < -0.39 is 0 Å². The molecule has 2 N–H and O–H groups in total. The van der Waals surface area contributed by atoms with Gasteiger partial charge in [-0.25, -0.2) is 4.98 Å². The molecule has 1 aromatic carbocycles. The average molecular weight is 241 g/mol. The summed E-state index contributed by atoms with van der Waals surface area (Å²) in [4.78, 5) is 4.53. The summed E-state index contributed by atoms with van der Waals surface area (Å²) in [6.07, 6.45) is 1.80. The third-order valence-electron chi connectivity index (χ3n) is 3.39. The highest BCUT2D eigenvalue weighted by molar-refractivity contribution is 5.95. The highest BCUT2D eigenvalue weighted by Gasteiger charge is 2.14. The second-order valence-electron chi connectivity index (χ2n) is 4.46. The van der Waals surface area contributed by atoms with Crippen molar-refractivity contribution in [1.29, 1.82) is 0 Å². The largest absolute Gasteiger partial charge is 0.383 e. The van der Waals surface area contributed by atoms with Crippen LogP contribution in [0.15, 0.2) is 24.4 Å².